The maximum absolute atomic E-state index is 12.7. The first-order valence-corrected chi connectivity index (χ1v) is 10.1. The Labute approximate surface area is 180 Å². The fourth-order valence-electron chi connectivity index (χ4n) is 3.20. The van der Waals surface area contributed by atoms with Crippen LogP contribution < -0.4 is 5.32 Å². The van der Waals surface area contributed by atoms with Crippen molar-refractivity contribution < 1.29 is 19.1 Å². The van der Waals surface area contributed by atoms with E-state index in [1.807, 2.05) is 24.3 Å². The van der Waals surface area contributed by atoms with Crippen molar-refractivity contribution in [1.29, 1.82) is 0 Å². The minimum atomic E-state index is -0.961. The molecule has 1 saturated heterocycles. The molecule has 0 spiro atoms. The van der Waals surface area contributed by atoms with E-state index in [2.05, 4.69) is 5.32 Å². The second-order valence-corrected chi connectivity index (χ2v) is 8.80. The van der Waals surface area contributed by atoms with Gasteiger partial charge in [-0.1, -0.05) is 47.5 Å². The summed E-state index contributed by atoms with van der Waals surface area (Å²) in [7, 11) is 0. The zero-order valence-electron chi connectivity index (χ0n) is 16.4. The Morgan fingerprint density at radius 1 is 1.07 bits per heavy atom. The third-order valence-corrected chi connectivity index (χ3v) is 4.87. The highest BCUT2D eigenvalue weighted by molar-refractivity contribution is 6.30. The third-order valence-electron chi connectivity index (χ3n) is 4.38. The number of hydrogen-bond acceptors (Lipinski definition) is 4. The molecule has 1 N–H and O–H groups in total. The summed E-state index contributed by atoms with van der Waals surface area (Å²) in [6.07, 6.45) is -1.66. The van der Waals surface area contributed by atoms with Gasteiger partial charge < -0.3 is 14.8 Å². The van der Waals surface area contributed by atoms with Crippen molar-refractivity contribution in [2.75, 3.05) is 0 Å². The molecule has 3 unspecified atom stereocenters. The highest BCUT2D eigenvalue weighted by atomic mass is 35.5. The molecule has 3 atom stereocenters. The number of amides is 1. The molecule has 1 heterocycles. The molecule has 1 aliphatic rings. The number of ether oxygens (including phenoxy) is 2. The molecule has 2 aromatic carbocycles. The van der Waals surface area contributed by atoms with Gasteiger partial charge in [-0.3, -0.25) is 9.59 Å². The van der Waals surface area contributed by atoms with Gasteiger partial charge in [-0.25, -0.2) is 0 Å². The number of halogens is 2. The normalized spacial score (nSPS) is 22.1. The second-order valence-electron chi connectivity index (χ2n) is 7.93. The van der Waals surface area contributed by atoms with Crippen LogP contribution in [0.1, 0.15) is 50.5 Å². The summed E-state index contributed by atoms with van der Waals surface area (Å²) in [6.45, 7) is 5.33. The van der Waals surface area contributed by atoms with E-state index in [1.165, 1.54) is 0 Å². The van der Waals surface area contributed by atoms with Crippen molar-refractivity contribution in [3.8, 4) is 0 Å². The molecule has 0 saturated carbocycles. The predicted octanol–water partition coefficient (Wildman–Crippen LogP) is 5.02. The minimum Gasteiger partial charge on any atom is -0.460 e. The minimum absolute atomic E-state index is 0.173. The Morgan fingerprint density at radius 2 is 1.76 bits per heavy atom. The Bertz CT molecular complexity index is 892. The number of hydrogen-bond donors (Lipinski definition) is 1. The number of morpholine rings is 1. The molecule has 0 aromatic heterocycles. The fraction of sp³-hybridized carbons (Fsp3) is 0.364. The van der Waals surface area contributed by atoms with Crippen LogP contribution in [0.25, 0.3) is 0 Å². The molecule has 0 bridgehead atoms. The van der Waals surface area contributed by atoms with Crippen LogP contribution in [0.2, 0.25) is 10.0 Å². The molecule has 0 radical (unpaired) electrons. The first kappa shape index (κ1) is 21.6. The van der Waals surface area contributed by atoms with Gasteiger partial charge in [0.2, 0.25) is 5.91 Å². The molecular formula is C22H23Cl2NO4. The van der Waals surface area contributed by atoms with Crippen LogP contribution in [0.15, 0.2) is 48.5 Å². The fourth-order valence-corrected chi connectivity index (χ4v) is 3.52. The summed E-state index contributed by atoms with van der Waals surface area (Å²) in [5.74, 6) is -0.860. The Balaban J connectivity index is 1.88. The van der Waals surface area contributed by atoms with Crippen molar-refractivity contribution in [2.45, 2.75) is 51.0 Å². The van der Waals surface area contributed by atoms with Crippen LogP contribution >= 0.6 is 23.2 Å². The molecular weight excluding hydrogens is 413 g/mol. The lowest BCUT2D eigenvalue weighted by Gasteiger charge is -2.37. The highest BCUT2D eigenvalue weighted by Gasteiger charge is 2.39. The summed E-state index contributed by atoms with van der Waals surface area (Å²) in [6, 6.07) is 14.0. The molecule has 3 rings (SSSR count). The van der Waals surface area contributed by atoms with Gasteiger partial charge >= 0.3 is 5.97 Å². The quantitative estimate of drug-likeness (QED) is 0.684. The summed E-state index contributed by atoms with van der Waals surface area (Å²) in [5.41, 5.74) is 0.996. The standard InChI is InChI=1S/C22H23Cl2NO4/c1-22(2,3)29-18(26)12-17-21(27)25-19(13-7-9-15(23)10-8-13)20(28-17)14-5-4-6-16(24)11-14/h4-11,17,19-20H,12H2,1-3H3,(H,25,27). The van der Waals surface area contributed by atoms with Gasteiger partial charge in [0.15, 0.2) is 0 Å². The van der Waals surface area contributed by atoms with E-state index in [0.717, 1.165) is 11.1 Å². The Kier molecular flexibility index (Phi) is 6.52. The Morgan fingerprint density at radius 3 is 2.38 bits per heavy atom. The lowest BCUT2D eigenvalue weighted by molar-refractivity contribution is -0.168. The van der Waals surface area contributed by atoms with Crippen molar-refractivity contribution >= 4 is 35.1 Å². The molecule has 0 aliphatic carbocycles. The SMILES string of the molecule is CC(C)(C)OC(=O)CC1OC(c2cccc(Cl)c2)C(c2ccc(Cl)cc2)NC1=O. The van der Waals surface area contributed by atoms with Crippen molar-refractivity contribution in [3.63, 3.8) is 0 Å². The van der Waals surface area contributed by atoms with Crippen LogP contribution in [0, 0.1) is 0 Å². The van der Waals surface area contributed by atoms with Crippen molar-refractivity contribution in [3.05, 3.63) is 69.7 Å². The maximum atomic E-state index is 12.7. The van der Waals surface area contributed by atoms with Gasteiger partial charge in [0, 0.05) is 10.0 Å². The molecule has 1 fully saturated rings. The molecule has 29 heavy (non-hydrogen) atoms. The van der Waals surface area contributed by atoms with Gasteiger partial charge in [-0.15, -0.1) is 0 Å². The van der Waals surface area contributed by atoms with E-state index >= 15 is 0 Å². The van der Waals surface area contributed by atoms with Gasteiger partial charge in [0.05, 0.1) is 12.5 Å². The van der Waals surface area contributed by atoms with E-state index in [4.69, 9.17) is 32.7 Å². The summed E-state index contributed by atoms with van der Waals surface area (Å²) in [4.78, 5) is 24.9. The molecule has 1 aliphatic heterocycles. The first-order chi connectivity index (χ1) is 13.6. The van der Waals surface area contributed by atoms with E-state index in [0.29, 0.717) is 10.0 Å². The van der Waals surface area contributed by atoms with E-state index in [9.17, 15) is 9.59 Å². The molecule has 154 valence electrons. The van der Waals surface area contributed by atoms with E-state index in [1.54, 1.807) is 45.0 Å². The average Bonchev–Trinajstić information content (AvgIpc) is 2.62. The third kappa shape index (κ3) is 5.72. The van der Waals surface area contributed by atoms with E-state index < -0.39 is 29.8 Å². The van der Waals surface area contributed by atoms with Gasteiger partial charge in [-0.05, 0) is 56.2 Å². The number of nitrogens with one attached hydrogen (secondary N) is 1. The van der Waals surface area contributed by atoms with Crippen molar-refractivity contribution in [2.24, 2.45) is 0 Å². The summed E-state index contributed by atoms with van der Waals surface area (Å²) in [5, 5.41) is 4.13. The molecule has 7 heteroatoms. The van der Waals surface area contributed by atoms with Gasteiger partial charge in [0.25, 0.3) is 0 Å². The monoisotopic (exact) mass is 435 g/mol. The topological polar surface area (TPSA) is 64.6 Å². The van der Waals surface area contributed by atoms with Crippen LogP contribution in [-0.4, -0.2) is 23.6 Å². The lowest BCUT2D eigenvalue weighted by Crippen LogP contribution is -2.49. The molecule has 5 nitrogen and oxygen atoms in total. The number of rotatable bonds is 4. The smallest absolute Gasteiger partial charge is 0.309 e. The largest absolute Gasteiger partial charge is 0.460 e. The molecule has 1 amide bonds. The summed E-state index contributed by atoms with van der Waals surface area (Å²) >= 11 is 12.2. The lowest BCUT2D eigenvalue weighted by atomic mass is 9.93. The van der Waals surface area contributed by atoms with Gasteiger partial charge in [0.1, 0.15) is 17.8 Å². The molecule has 2 aromatic rings. The number of esters is 1. The Hall–Kier alpha value is -2.08. The van der Waals surface area contributed by atoms with E-state index in [-0.39, 0.29) is 12.3 Å². The summed E-state index contributed by atoms with van der Waals surface area (Å²) < 4.78 is 11.5. The van der Waals surface area contributed by atoms with Crippen molar-refractivity contribution in [1.82, 2.24) is 5.32 Å². The maximum Gasteiger partial charge on any atom is 0.309 e. The number of carbonyl (C=O) groups is 2. The van der Waals surface area contributed by atoms with Crippen LogP contribution in [-0.2, 0) is 19.1 Å². The first-order valence-electron chi connectivity index (χ1n) is 9.31. The van der Waals surface area contributed by atoms with Crippen LogP contribution in [0.5, 0.6) is 0 Å². The predicted molar refractivity (Wildman–Crippen MR) is 112 cm³/mol. The van der Waals surface area contributed by atoms with Crippen LogP contribution in [0.3, 0.4) is 0 Å². The highest BCUT2D eigenvalue weighted by Crippen LogP contribution is 2.38. The average molecular weight is 436 g/mol. The zero-order chi connectivity index (χ0) is 21.2. The number of benzene rings is 2. The van der Waals surface area contributed by atoms with Crippen LogP contribution in [0.4, 0.5) is 0 Å². The zero-order valence-corrected chi connectivity index (χ0v) is 18.0. The van der Waals surface area contributed by atoms with Gasteiger partial charge in [-0.2, -0.15) is 0 Å². The second kappa shape index (κ2) is 8.74. The number of carbonyl (C=O) groups excluding carboxylic acids is 2.